The Hall–Kier alpha value is -0.730. The van der Waals surface area contributed by atoms with Crippen molar-refractivity contribution in [2.45, 2.75) is 69.9 Å². The Morgan fingerprint density at radius 3 is 2.05 bits per heavy atom. The van der Waals surface area contributed by atoms with Gasteiger partial charge in [-0.1, -0.05) is 32.6 Å². The van der Waals surface area contributed by atoms with Gasteiger partial charge in [-0.2, -0.15) is 0 Å². The smallest absolute Gasteiger partial charge is 0.222 e. The molecule has 0 unspecified atom stereocenters. The zero-order valence-corrected chi connectivity index (χ0v) is 13.6. The van der Waals surface area contributed by atoms with E-state index in [0.29, 0.717) is 6.42 Å². The van der Waals surface area contributed by atoms with E-state index < -0.39 is 31.0 Å². The Morgan fingerprint density at radius 2 is 1.50 bits per heavy atom. The number of aliphatic hydroxyl groups is 5. The van der Waals surface area contributed by atoms with E-state index in [1.807, 2.05) is 0 Å². The predicted octanol–water partition coefficient (Wildman–Crippen LogP) is -0.759. The van der Waals surface area contributed by atoms with Crippen molar-refractivity contribution in [2.75, 3.05) is 20.2 Å². The van der Waals surface area contributed by atoms with Crippen molar-refractivity contribution >= 4 is 5.91 Å². The summed E-state index contributed by atoms with van der Waals surface area (Å²) in [6.07, 6.45) is -0.701. The lowest BCUT2D eigenvalue weighted by molar-refractivity contribution is -0.138. The van der Waals surface area contributed by atoms with Gasteiger partial charge in [-0.25, -0.2) is 0 Å². The van der Waals surface area contributed by atoms with Crippen LogP contribution in [0, 0.1) is 0 Å². The highest BCUT2D eigenvalue weighted by Crippen LogP contribution is 2.09. The molecule has 0 rings (SSSR count). The Kier molecular flexibility index (Phi) is 11.4. The van der Waals surface area contributed by atoms with Crippen LogP contribution in [0.3, 0.4) is 0 Å². The van der Waals surface area contributed by atoms with E-state index >= 15 is 0 Å². The van der Waals surface area contributed by atoms with Crippen LogP contribution < -0.4 is 0 Å². The molecule has 0 aromatic heterocycles. The molecule has 0 aliphatic rings. The van der Waals surface area contributed by atoms with Gasteiger partial charge < -0.3 is 30.4 Å². The molecule has 0 aliphatic heterocycles. The summed E-state index contributed by atoms with van der Waals surface area (Å²) in [6.45, 7) is 1.25. The maximum atomic E-state index is 11.9. The van der Waals surface area contributed by atoms with Crippen molar-refractivity contribution in [3.63, 3.8) is 0 Å². The standard InChI is InChI=1S/C15H31NO6/c1-3-4-5-6-7-8-13(20)16(2)9-11(18)14(21)15(22)12(19)10-17/h11-12,14-15,17-19,21-22H,3-10H2,1-2H3/t11-,12-,14-,15-/m1/s1. The van der Waals surface area contributed by atoms with Crippen LogP contribution in [0.1, 0.15) is 45.4 Å². The Labute approximate surface area is 132 Å². The third kappa shape index (κ3) is 8.05. The van der Waals surface area contributed by atoms with E-state index in [9.17, 15) is 25.2 Å². The minimum atomic E-state index is -1.67. The van der Waals surface area contributed by atoms with Gasteiger partial charge >= 0.3 is 0 Å². The first kappa shape index (κ1) is 21.3. The lowest BCUT2D eigenvalue weighted by Crippen LogP contribution is -2.49. The summed E-state index contributed by atoms with van der Waals surface area (Å²) in [6, 6.07) is 0. The van der Waals surface area contributed by atoms with Crippen molar-refractivity contribution in [1.82, 2.24) is 4.90 Å². The number of hydrogen-bond donors (Lipinski definition) is 5. The van der Waals surface area contributed by atoms with Crippen LogP contribution in [-0.2, 0) is 4.79 Å². The number of nitrogens with zero attached hydrogens (tertiary/aromatic N) is 1. The van der Waals surface area contributed by atoms with Crippen LogP contribution in [0.5, 0.6) is 0 Å². The zero-order valence-electron chi connectivity index (χ0n) is 13.6. The van der Waals surface area contributed by atoms with Crippen LogP contribution >= 0.6 is 0 Å². The number of rotatable bonds is 12. The van der Waals surface area contributed by atoms with Crippen LogP contribution in [0.4, 0.5) is 0 Å². The third-order valence-electron chi connectivity index (χ3n) is 3.71. The van der Waals surface area contributed by atoms with E-state index in [-0.39, 0.29) is 12.5 Å². The fourth-order valence-electron chi connectivity index (χ4n) is 2.12. The normalized spacial score (nSPS) is 16.9. The molecule has 0 saturated carbocycles. The summed E-state index contributed by atoms with van der Waals surface area (Å²) in [4.78, 5) is 13.2. The molecule has 0 aromatic rings. The van der Waals surface area contributed by atoms with Gasteiger partial charge in [0.15, 0.2) is 0 Å². The lowest BCUT2D eigenvalue weighted by Gasteiger charge is -2.28. The van der Waals surface area contributed by atoms with Gasteiger partial charge in [0, 0.05) is 20.0 Å². The number of unbranched alkanes of at least 4 members (excludes halogenated alkanes) is 4. The number of hydrogen-bond acceptors (Lipinski definition) is 6. The molecule has 0 bridgehead atoms. The van der Waals surface area contributed by atoms with E-state index in [2.05, 4.69) is 6.92 Å². The number of carbonyl (C=O) groups is 1. The predicted molar refractivity (Wildman–Crippen MR) is 82.1 cm³/mol. The van der Waals surface area contributed by atoms with E-state index in [4.69, 9.17) is 5.11 Å². The molecule has 22 heavy (non-hydrogen) atoms. The molecule has 7 nitrogen and oxygen atoms in total. The summed E-state index contributed by atoms with van der Waals surface area (Å²) >= 11 is 0. The van der Waals surface area contributed by atoms with Crippen molar-refractivity contribution in [3.8, 4) is 0 Å². The van der Waals surface area contributed by atoms with Crippen LogP contribution in [0.15, 0.2) is 0 Å². The average molecular weight is 321 g/mol. The van der Waals surface area contributed by atoms with Gasteiger partial charge in [-0.15, -0.1) is 0 Å². The molecule has 1 amide bonds. The van der Waals surface area contributed by atoms with Crippen LogP contribution in [0.2, 0.25) is 0 Å². The number of carbonyl (C=O) groups excluding carboxylic acids is 1. The fourth-order valence-corrected chi connectivity index (χ4v) is 2.12. The first-order valence-corrected chi connectivity index (χ1v) is 7.92. The highest BCUT2D eigenvalue weighted by atomic mass is 16.4. The monoisotopic (exact) mass is 321 g/mol. The van der Waals surface area contributed by atoms with Crippen LogP contribution in [-0.4, -0.2) is 81.0 Å². The van der Waals surface area contributed by atoms with Gasteiger partial charge in [0.1, 0.15) is 24.4 Å². The van der Waals surface area contributed by atoms with E-state index in [0.717, 1.165) is 32.1 Å². The Balaban J connectivity index is 4.11. The quantitative estimate of drug-likeness (QED) is 0.301. The Morgan fingerprint density at radius 1 is 0.955 bits per heavy atom. The molecule has 0 aliphatic carbocycles. The Bertz CT molecular complexity index is 302. The third-order valence-corrected chi connectivity index (χ3v) is 3.71. The minimum absolute atomic E-state index is 0.139. The average Bonchev–Trinajstić information content (AvgIpc) is 2.51. The first-order chi connectivity index (χ1) is 10.3. The van der Waals surface area contributed by atoms with Crippen molar-refractivity contribution in [3.05, 3.63) is 0 Å². The highest BCUT2D eigenvalue weighted by Gasteiger charge is 2.31. The summed E-state index contributed by atoms with van der Waals surface area (Å²) in [5.41, 5.74) is 0. The maximum Gasteiger partial charge on any atom is 0.222 e. The van der Waals surface area contributed by atoms with Gasteiger partial charge in [0.2, 0.25) is 5.91 Å². The molecular weight excluding hydrogens is 290 g/mol. The zero-order chi connectivity index (χ0) is 17.1. The number of aliphatic hydroxyl groups excluding tert-OH is 5. The molecule has 0 saturated heterocycles. The second kappa shape index (κ2) is 11.8. The van der Waals surface area contributed by atoms with E-state index in [1.165, 1.54) is 11.9 Å². The largest absolute Gasteiger partial charge is 0.394 e. The fraction of sp³-hybridized carbons (Fsp3) is 0.933. The van der Waals surface area contributed by atoms with E-state index in [1.54, 1.807) is 0 Å². The second-order valence-corrected chi connectivity index (χ2v) is 5.74. The molecule has 5 N–H and O–H groups in total. The summed E-state index contributed by atoms with van der Waals surface area (Å²) in [5, 5.41) is 46.9. The lowest BCUT2D eigenvalue weighted by atomic mass is 10.0. The molecule has 0 radical (unpaired) electrons. The summed E-state index contributed by atoms with van der Waals surface area (Å²) in [7, 11) is 1.51. The first-order valence-electron chi connectivity index (χ1n) is 7.92. The van der Waals surface area contributed by atoms with Crippen molar-refractivity contribution < 1.29 is 30.3 Å². The molecule has 132 valence electrons. The molecular formula is C15H31NO6. The van der Waals surface area contributed by atoms with Gasteiger partial charge in [0.25, 0.3) is 0 Å². The molecule has 7 heteroatoms. The minimum Gasteiger partial charge on any atom is -0.394 e. The summed E-state index contributed by atoms with van der Waals surface area (Å²) in [5.74, 6) is -0.139. The second-order valence-electron chi connectivity index (χ2n) is 5.74. The van der Waals surface area contributed by atoms with Gasteiger partial charge in [0.05, 0.1) is 6.61 Å². The number of likely N-dealkylation sites (N-methyl/N-ethyl adjacent to an activating group) is 1. The van der Waals surface area contributed by atoms with Crippen molar-refractivity contribution in [1.29, 1.82) is 0 Å². The number of amides is 1. The molecule has 0 aromatic carbocycles. The van der Waals surface area contributed by atoms with Crippen LogP contribution in [0.25, 0.3) is 0 Å². The van der Waals surface area contributed by atoms with Gasteiger partial charge in [-0.05, 0) is 6.42 Å². The topological polar surface area (TPSA) is 121 Å². The summed E-state index contributed by atoms with van der Waals surface area (Å²) < 4.78 is 0. The maximum absolute atomic E-state index is 11.9. The van der Waals surface area contributed by atoms with Gasteiger partial charge in [-0.3, -0.25) is 4.79 Å². The molecule has 0 spiro atoms. The molecule has 0 fully saturated rings. The molecule has 0 heterocycles. The SMILES string of the molecule is CCCCCCCC(=O)N(C)C[C@@H](O)[C@@H](O)[C@H](O)[C@H](O)CO. The van der Waals surface area contributed by atoms with Crippen molar-refractivity contribution in [2.24, 2.45) is 0 Å². The molecule has 4 atom stereocenters. The highest BCUT2D eigenvalue weighted by molar-refractivity contribution is 5.75.